The van der Waals surface area contributed by atoms with E-state index in [0.29, 0.717) is 25.1 Å². The largest absolute Gasteiger partial charge is 0.352 e. The van der Waals surface area contributed by atoms with Crippen LogP contribution in [0.4, 0.5) is 5.69 Å². The van der Waals surface area contributed by atoms with Crippen LogP contribution in [-0.2, 0) is 26.0 Å². The molecule has 0 bridgehead atoms. The number of hydrogen-bond acceptors (Lipinski definition) is 4. The second kappa shape index (κ2) is 13.8. The average Bonchev–Trinajstić information content (AvgIpc) is 3.49. The highest BCUT2D eigenvalue weighted by Gasteiger charge is 2.34. The van der Waals surface area contributed by atoms with Crippen molar-refractivity contribution < 1.29 is 18.0 Å². The lowest BCUT2D eigenvalue weighted by atomic mass is 10.1. The summed E-state index contributed by atoms with van der Waals surface area (Å²) in [5.74, 6) is -0.584. The topological polar surface area (TPSA) is 86.8 Å². The van der Waals surface area contributed by atoms with E-state index in [9.17, 15) is 18.0 Å². The third kappa shape index (κ3) is 7.36. The summed E-state index contributed by atoms with van der Waals surface area (Å²) in [5.41, 5.74) is 3.20. The number of carbonyl (C=O) groups is 2. The van der Waals surface area contributed by atoms with E-state index in [1.165, 1.54) is 16.4 Å². The molecule has 3 aromatic rings. The van der Waals surface area contributed by atoms with Gasteiger partial charge in [0.1, 0.15) is 12.6 Å². The van der Waals surface area contributed by atoms with E-state index in [0.717, 1.165) is 42.4 Å². The first-order valence-electron chi connectivity index (χ1n) is 14.5. The molecule has 0 aromatic heterocycles. The molecular formula is C33H41N3O4S. The van der Waals surface area contributed by atoms with Gasteiger partial charge in [0.15, 0.2) is 0 Å². The van der Waals surface area contributed by atoms with Gasteiger partial charge >= 0.3 is 0 Å². The summed E-state index contributed by atoms with van der Waals surface area (Å²) < 4.78 is 29.2. The number of nitrogens with one attached hydrogen (secondary N) is 1. The maximum atomic E-state index is 14.2. The van der Waals surface area contributed by atoms with Crippen LogP contribution in [0.1, 0.15) is 55.7 Å². The Kier molecular flexibility index (Phi) is 10.2. The number of carbonyl (C=O) groups excluding carboxylic acids is 2. The minimum Gasteiger partial charge on any atom is -0.352 e. The molecule has 2 amide bonds. The highest BCUT2D eigenvalue weighted by Crippen LogP contribution is 2.29. The van der Waals surface area contributed by atoms with Crippen LogP contribution in [0.3, 0.4) is 0 Å². The van der Waals surface area contributed by atoms with Crippen molar-refractivity contribution in [2.24, 2.45) is 0 Å². The number of nitrogens with zero attached hydrogens (tertiary/aromatic N) is 2. The second-order valence-electron chi connectivity index (χ2n) is 10.8. The minimum atomic E-state index is -4.08. The molecule has 0 saturated heterocycles. The smallest absolute Gasteiger partial charge is 0.264 e. The number of aryl methyl sites for hydroxylation is 1. The second-order valence-corrected chi connectivity index (χ2v) is 12.6. The summed E-state index contributed by atoms with van der Waals surface area (Å²) in [7, 11) is -4.08. The lowest BCUT2D eigenvalue weighted by molar-refractivity contribution is -0.139. The fourth-order valence-corrected chi connectivity index (χ4v) is 6.99. The van der Waals surface area contributed by atoms with E-state index in [2.05, 4.69) is 5.32 Å². The van der Waals surface area contributed by atoms with Crippen LogP contribution in [0.25, 0.3) is 0 Å². The normalized spacial score (nSPS) is 14.4. The van der Waals surface area contributed by atoms with Gasteiger partial charge in [-0.05, 0) is 74.4 Å². The van der Waals surface area contributed by atoms with Crippen LogP contribution < -0.4 is 9.62 Å². The Morgan fingerprint density at radius 2 is 1.54 bits per heavy atom. The zero-order chi connectivity index (χ0) is 29.4. The third-order valence-electron chi connectivity index (χ3n) is 8.03. The molecule has 0 radical (unpaired) electrons. The Morgan fingerprint density at radius 1 is 0.902 bits per heavy atom. The first kappa shape index (κ1) is 30.3. The summed E-state index contributed by atoms with van der Waals surface area (Å²) >= 11 is 0. The average molecular weight is 576 g/mol. The molecule has 218 valence electrons. The molecule has 1 aliphatic carbocycles. The molecular weight excluding hydrogens is 534 g/mol. The van der Waals surface area contributed by atoms with Crippen LogP contribution in [0.5, 0.6) is 0 Å². The van der Waals surface area contributed by atoms with E-state index in [1.807, 2.05) is 57.2 Å². The van der Waals surface area contributed by atoms with Crippen molar-refractivity contribution in [3.05, 3.63) is 95.6 Å². The fourth-order valence-electron chi connectivity index (χ4n) is 5.50. The molecule has 8 heteroatoms. The van der Waals surface area contributed by atoms with Crippen molar-refractivity contribution in [3.8, 4) is 0 Å². The Labute approximate surface area is 244 Å². The molecule has 0 aliphatic heterocycles. The molecule has 0 heterocycles. The van der Waals surface area contributed by atoms with Crippen molar-refractivity contribution >= 4 is 27.5 Å². The molecule has 41 heavy (non-hydrogen) atoms. The van der Waals surface area contributed by atoms with E-state index >= 15 is 0 Å². The summed E-state index contributed by atoms with van der Waals surface area (Å²) in [6.45, 7) is 5.56. The van der Waals surface area contributed by atoms with Gasteiger partial charge in [0.25, 0.3) is 10.0 Å². The summed E-state index contributed by atoms with van der Waals surface area (Å²) in [4.78, 5) is 29.4. The fraction of sp³-hybridized carbons (Fsp3) is 0.394. The molecule has 1 fully saturated rings. The zero-order valence-corrected chi connectivity index (χ0v) is 25.1. The van der Waals surface area contributed by atoms with Gasteiger partial charge in [-0.25, -0.2) is 8.42 Å². The van der Waals surface area contributed by atoms with Gasteiger partial charge in [-0.15, -0.1) is 0 Å². The number of anilines is 1. The van der Waals surface area contributed by atoms with E-state index in [4.69, 9.17) is 0 Å². The Balaban J connectivity index is 1.69. The van der Waals surface area contributed by atoms with Gasteiger partial charge in [0.2, 0.25) is 11.8 Å². The number of rotatable bonds is 12. The standard InChI is InChI=1S/C33H41N3O4S/c1-4-30(33(38)34-28-17-11-12-18-28)35(23-22-27-15-7-5-8-16-27)32(37)24-36(31-21-13-14-25(2)26(31)3)41(39,40)29-19-9-6-10-20-29/h5-10,13-16,19-21,28,30H,4,11-12,17-18,22-24H2,1-3H3,(H,34,38)/t30-/m0/s1. The van der Waals surface area contributed by atoms with Crippen molar-refractivity contribution in [1.29, 1.82) is 0 Å². The van der Waals surface area contributed by atoms with Gasteiger partial charge in [-0.3, -0.25) is 13.9 Å². The van der Waals surface area contributed by atoms with Gasteiger partial charge in [0, 0.05) is 12.6 Å². The van der Waals surface area contributed by atoms with Gasteiger partial charge in [0.05, 0.1) is 10.6 Å². The molecule has 1 N–H and O–H groups in total. The first-order valence-corrected chi connectivity index (χ1v) is 15.9. The lowest BCUT2D eigenvalue weighted by Gasteiger charge is -2.34. The number of amides is 2. The molecule has 1 aliphatic rings. The van der Waals surface area contributed by atoms with Gasteiger partial charge in [-0.1, -0.05) is 80.4 Å². The Morgan fingerprint density at radius 3 is 2.17 bits per heavy atom. The molecule has 3 aromatic carbocycles. The van der Waals surface area contributed by atoms with Crippen LogP contribution in [-0.4, -0.2) is 50.3 Å². The molecule has 0 unspecified atom stereocenters. The maximum Gasteiger partial charge on any atom is 0.264 e. The van der Waals surface area contributed by atoms with Crippen molar-refractivity contribution in [1.82, 2.24) is 10.2 Å². The number of hydrogen-bond donors (Lipinski definition) is 1. The van der Waals surface area contributed by atoms with Crippen LogP contribution >= 0.6 is 0 Å². The number of sulfonamides is 1. The lowest BCUT2D eigenvalue weighted by Crippen LogP contribution is -2.54. The minimum absolute atomic E-state index is 0.107. The molecule has 1 atom stereocenters. The van der Waals surface area contributed by atoms with Crippen LogP contribution in [0, 0.1) is 13.8 Å². The van der Waals surface area contributed by atoms with Crippen LogP contribution in [0.2, 0.25) is 0 Å². The van der Waals surface area contributed by atoms with Gasteiger partial charge in [-0.2, -0.15) is 0 Å². The van der Waals surface area contributed by atoms with Crippen molar-refractivity contribution in [2.75, 3.05) is 17.4 Å². The van der Waals surface area contributed by atoms with E-state index in [-0.39, 0.29) is 16.8 Å². The SMILES string of the molecule is CC[C@@H](C(=O)NC1CCCC1)N(CCc1ccccc1)C(=O)CN(c1cccc(C)c1C)S(=O)(=O)c1ccccc1. The first-order chi connectivity index (χ1) is 19.7. The summed E-state index contributed by atoms with van der Waals surface area (Å²) in [6.07, 6.45) is 5.02. The Bertz CT molecular complexity index is 1420. The predicted molar refractivity (Wildman–Crippen MR) is 163 cm³/mol. The summed E-state index contributed by atoms with van der Waals surface area (Å²) in [6, 6.07) is 22.8. The number of benzene rings is 3. The molecule has 4 rings (SSSR count). The zero-order valence-electron chi connectivity index (χ0n) is 24.3. The quantitative estimate of drug-likeness (QED) is 0.313. The monoisotopic (exact) mass is 575 g/mol. The van der Waals surface area contributed by atoms with E-state index in [1.54, 1.807) is 35.2 Å². The predicted octanol–water partition coefficient (Wildman–Crippen LogP) is 5.41. The third-order valence-corrected chi connectivity index (χ3v) is 9.80. The van der Waals surface area contributed by atoms with Crippen molar-refractivity contribution in [3.63, 3.8) is 0 Å². The molecule has 7 nitrogen and oxygen atoms in total. The summed E-state index contributed by atoms with van der Waals surface area (Å²) in [5, 5.41) is 3.16. The molecule has 0 spiro atoms. The highest BCUT2D eigenvalue weighted by atomic mass is 32.2. The van der Waals surface area contributed by atoms with Gasteiger partial charge < -0.3 is 10.2 Å². The highest BCUT2D eigenvalue weighted by molar-refractivity contribution is 7.92. The Hall–Kier alpha value is -3.65. The van der Waals surface area contributed by atoms with Crippen molar-refractivity contribution in [2.45, 2.75) is 76.3 Å². The van der Waals surface area contributed by atoms with Crippen LogP contribution in [0.15, 0.2) is 83.8 Å². The maximum absolute atomic E-state index is 14.2. The molecule has 1 saturated carbocycles. The van der Waals surface area contributed by atoms with E-state index < -0.39 is 28.5 Å².